The fraction of sp³-hybridized carbons (Fsp3) is 0.538. The number of hydrogen-bond acceptors (Lipinski definition) is 7. The smallest absolute Gasteiger partial charge is 0.266 e. The van der Waals surface area contributed by atoms with Crippen molar-refractivity contribution in [3.63, 3.8) is 0 Å². The lowest BCUT2D eigenvalue weighted by atomic mass is 9.88. The molecule has 0 atom stereocenters. The fourth-order valence-corrected chi connectivity index (χ4v) is 7.31. The summed E-state index contributed by atoms with van der Waals surface area (Å²) < 4.78 is 37.8. The zero-order valence-electron chi connectivity index (χ0n) is 20.9. The first-order valence-corrected chi connectivity index (χ1v) is 14.0. The molecule has 3 heterocycles. The zero-order valence-corrected chi connectivity index (χ0v) is 21.7. The van der Waals surface area contributed by atoms with Crippen LogP contribution in [0.5, 0.6) is 5.88 Å². The highest BCUT2D eigenvalue weighted by Crippen LogP contribution is 2.37. The number of pyridine rings is 1. The topological polar surface area (TPSA) is 118 Å². The third-order valence-corrected chi connectivity index (χ3v) is 9.91. The van der Waals surface area contributed by atoms with Gasteiger partial charge in [0.1, 0.15) is 0 Å². The average molecular weight is 518 g/mol. The first kappa shape index (κ1) is 26.5. The van der Waals surface area contributed by atoms with Crippen molar-refractivity contribution in [2.24, 2.45) is 0 Å². The van der Waals surface area contributed by atoms with Crippen molar-refractivity contribution in [2.45, 2.75) is 56.6 Å². The van der Waals surface area contributed by atoms with E-state index in [9.17, 15) is 18.4 Å². The Labute approximate surface area is 212 Å². The highest BCUT2D eigenvalue weighted by molar-refractivity contribution is 7.91. The van der Waals surface area contributed by atoms with Gasteiger partial charge in [-0.3, -0.25) is 10.0 Å². The molecule has 196 valence electrons. The number of aromatic nitrogens is 1. The largest absolute Gasteiger partial charge is 0.478 e. The Hall–Kier alpha value is -2.53. The van der Waals surface area contributed by atoms with E-state index in [1.165, 1.54) is 9.87 Å². The van der Waals surface area contributed by atoms with Crippen LogP contribution in [0.3, 0.4) is 0 Å². The Balaban J connectivity index is 1.47. The molecule has 1 aromatic carbocycles. The maximum Gasteiger partial charge on any atom is 0.266 e. The summed E-state index contributed by atoms with van der Waals surface area (Å²) in [5.74, 6) is -0.0470. The number of nitrogens with zero attached hydrogens (tertiary/aromatic N) is 2. The average Bonchev–Trinajstić information content (AvgIpc) is 2.91. The Morgan fingerprint density at radius 1 is 1.22 bits per heavy atom. The van der Waals surface area contributed by atoms with Crippen LogP contribution in [-0.2, 0) is 19.6 Å². The highest BCUT2D eigenvalue weighted by Gasteiger charge is 2.54. The van der Waals surface area contributed by atoms with Crippen LogP contribution in [-0.4, -0.2) is 66.5 Å². The molecule has 0 spiro atoms. The summed E-state index contributed by atoms with van der Waals surface area (Å²) in [5.41, 5.74) is 5.75. The van der Waals surface area contributed by atoms with E-state index >= 15 is 0 Å². The van der Waals surface area contributed by atoms with E-state index in [1.54, 1.807) is 5.48 Å². The normalized spacial score (nSPS) is 19.1. The summed E-state index contributed by atoms with van der Waals surface area (Å²) in [6.45, 7) is 5.72. The van der Waals surface area contributed by atoms with Crippen LogP contribution in [0.4, 0.5) is 0 Å². The molecule has 1 aromatic heterocycles. The van der Waals surface area contributed by atoms with E-state index in [1.807, 2.05) is 18.2 Å². The number of hydrogen-bond donors (Lipinski definition) is 2. The van der Waals surface area contributed by atoms with Crippen molar-refractivity contribution in [1.29, 1.82) is 0 Å². The zero-order chi connectivity index (χ0) is 25.8. The lowest BCUT2D eigenvalue weighted by Gasteiger charge is -2.40. The van der Waals surface area contributed by atoms with Gasteiger partial charge in [-0.05, 0) is 49.3 Å². The second-order valence-corrected chi connectivity index (χ2v) is 11.8. The molecule has 0 bridgehead atoms. The third-order valence-electron chi connectivity index (χ3n) is 7.28. The summed E-state index contributed by atoms with van der Waals surface area (Å²) in [6, 6.07) is 12.1. The van der Waals surface area contributed by atoms with E-state index in [2.05, 4.69) is 37.0 Å². The number of sulfonamides is 1. The minimum atomic E-state index is -3.96. The number of nitrogens with one attached hydrogen (secondary N) is 1. The van der Waals surface area contributed by atoms with Gasteiger partial charge in [0, 0.05) is 50.8 Å². The van der Waals surface area contributed by atoms with Gasteiger partial charge in [0.2, 0.25) is 15.9 Å². The first-order chi connectivity index (χ1) is 17.3. The van der Waals surface area contributed by atoms with Gasteiger partial charge in [-0.2, -0.15) is 0 Å². The van der Waals surface area contributed by atoms with Crippen LogP contribution < -0.4 is 10.2 Å². The molecule has 4 rings (SSSR count). The summed E-state index contributed by atoms with van der Waals surface area (Å²) in [6.07, 6.45) is 2.29. The first-order valence-electron chi connectivity index (χ1n) is 12.5. The van der Waals surface area contributed by atoms with Gasteiger partial charge < -0.3 is 9.47 Å². The van der Waals surface area contributed by atoms with Crippen LogP contribution in [0.25, 0.3) is 11.3 Å². The number of rotatable bonds is 8. The van der Waals surface area contributed by atoms with E-state index in [0.29, 0.717) is 38.4 Å². The number of carbonyl (C=O) groups is 1. The number of aryl methyl sites for hydroxylation is 1. The summed E-state index contributed by atoms with van der Waals surface area (Å²) in [4.78, 5) is 17.1. The van der Waals surface area contributed by atoms with Gasteiger partial charge in [-0.25, -0.2) is 23.2 Å². The Bertz CT molecular complexity index is 1170. The minimum Gasteiger partial charge on any atom is -0.478 e. The number of carbonyl (C=O) groups excluding carboxylic acids is 1. The molecule has 1 amide bonds. The molecule has 2 aliphatic rings. The molecular formula is C26H35N3O6S. The third kappa shape index (κ3) is 5.13. The standard InChI is InChI=1S/C26H35N3O6S/c1-3-15-35-24-6-4-5-23(27-24)22-8-7-21(18-19(22)2)20-9-13-29(14-10-20)36(32,33)26(25(30)28-31)11-16-34-17-12-26/h4-8,18,20,31H,3,9-17H2,1-2H3,(H,28,30). The van der Waals surface area contributed by atoms with Crippen molar-refractivity contribution < 1.29 is 27.9 Å². The molecule has 0 radical (unpaired) electrons. The molecule has 0 unspecified atom stereocenters. The van der Waals surface area contributed by atoms with Crippen molar-refractivity contribution in [3.8, 4) is 17.1 Å². The molecule has 2 fully saturated rings. The SMILES string of the molecule is CCCOc1cccc(-c2ccc(C3CCN(S(=O)(=O)C4(C(=O)NO)CCOCC4)CC3)cc2C)n1. The van der Waals surface area contributed by atoms with Crippen LogP contribution in [0.1, 0.15) is 56.1 Å². The number of piperidine rings is 1. The molecule has 0 aliphatic carbocycles. The van der Waals surface area contributed by atoms with Crippen LogP contribution >= 0.6 is 0 Å². The van der Waals surface area contributed by atoms with Gasteiger partial charge in [-0.1, -0.05) is 31.2 Å². The lowest BCUT2D eigenvalue weighted by Crippen LogP contribution is -2.60. The summed E-state index contributed by atoms with van der Waals surface area (Å²) >= 11 is 0. The molecule has 36 heavy (non-hydrogen) atoms. The molecular weight excluding hydrogens is 482 g/mol. The van der Waals surface area contributed by atoms with Crippen molar-refractivity contribution in [2.75, 3.05) is 32.9 Å². The highest BCUT2D eigenvalue weighted by atomic mass is 32.2. The van der Waals surface area contributed by atoms with E-state index in [4.69, 9.17) is 9.47 Å². The fourth-order valence-electron chi connectivity index (χ4n) is 5.16. The van der Waals surface area contributed by atoms with Gasteiger partial charge in [-0.15, -0.1) is 0 Å². The van der Waals surface area contributed by atoms with E-state index in [0.717, 1.165) is 23.2 Å². The van der Waals surface area contributed by atoms with Crippen LogP contribution in [0.15, 0.2) is 36.4 Å². The molecule has 0 saturated carbocycles. The van der Waals surface area contributed by atoms with Gasteiger partial charge in [0.05, 0.1) is 12.3 Å². The number of amides is 1. The molecule has 2 aliphatic heterocycles. The summed E-state index contributed by atoms with van der Waals surface area (Å²) in [5, 5.41) is 9.25. The second-order valence-electron chi connectivity index (χ2n) is 9.51. The number of benzene rings is 1. The maximum atomic E-state index is 13.5. The van der Waals surface area contributed by atoms with Crippen LogP contribution in [0.2, 0.25) is 0 Å². The van der Waals surface area contributed by atoms with E-state index < -0.39 is 20.7 Å². The molecule has 2 aromatic rings. The molecule has 9 nitrogen and oxygen atoms in total. The van der Waals surface area contributed by atoms with Crippen molar-refractivity contribution in [3.05, 3.63) is 47.5 Å². The quantitative estimate of drug-likeness (QED) is 0.407. The Kier molecular flexibility index (Phi) is 8.29. The summed E-state index contributed by atoms with van der Waals surface area (Å²) in [7, 11) is -3.96. The lowest BCUT2D eigenvalue weighted by molar-refractivity contribution is -0.134. The monoisotopic (exact) mass is 517 g/mol. The Morgan fingerprint density at radius 3 is 2.58 bits per heavy atom. The number of ether oxygens (including phenoxy) is 2. The van der Waals surface area contributed by atoms with Crippen LogP contribution in [0, 0.1) is 6.92 Å². The molecule has 2 saturated heterocycles. The molecule has 2 N–H and O–H groups in total. The van der Waals surface area contributed by atoms with Crippen molar-refractivity contribution in [1.82, 2.24) is 14.8 Å². The molecule has 10 heteroatoms. The second kappa shape index (κ2) is 11.2. The van der Waals surface area contributed by atoms with Gasteiger partial charge in [0.25, 0.3) is 5.91 Å². The predicted molar refractivity (Wildman–Crippen MR) is 135 cm³/mol. The Morgan fingerprint density at radius 2 is 1.94 bits per heavy atom. The van der Waals surface area contributed by atoms with Gasteiger partial charge >= 0.3 is 0 Å². The number of hydroxylamine groups is 1. The minimum absolute atomic E-state index is 0.0288. The maximum absolute atomic E-state index is 13.5. The van der Waals surface area contributed by atoms with Crippen molar-refractivity contribution >= 4 is 15.9 Å². The van der Waals surface area contributed by atoms with E-state index in [-0.39, 0.29) is 32.0 Å². The van der Waals surface area contributed by atoms with Gasteiger partial charge in [0.15, 0.2) is 4.75 Å². The predicted octanol–water partition coefficient (Wildman–Crippen LogP) is 3.41.